The van der Waals surface area contributed by atoms with Crippen molar-refractivity contribution in [1.29, 1.82) is 0 Å². The van der Waals surface area contributed by atoms with Gasteiger partial charge in [0.15, 0.2) is 0 Å². The molecule has 1 aromatic rings. The molecule has 0 aromatic heterocycles. The lowest BCUT2D eigenvalue weighted by molar-refractivity contribution is 0.542. The monoisotopic (exact) mass is 213 g/mol. The average molecular weight is 213 g/mol. The molecule has 0 saturated heterocycles. The van der Waals surface area contributed by atoms with Crippen LogP contribution in [-0.4, -0.2) is 8.76 Å². The largest absolute Gasteiger partial charge is 0.755 e. The second-order valence-corrected chi connectivity index (χ2v) is 3.90. The molecule has 3 N–H and O–H groups in total. The van der Waals surface area contributed by atoms with Crippen LogP contribution in [0.2, 0.25) is 0 Å². The maximum absolute atomic E-state index is 10.5. The number of hydrogen-bond donors (Lipinski definition) is 2. The summed E-state index contributed by atoms with van der Waals surface area (Å²) >= 11 is -2.31. The summed E-state index contributed by atoms with van der Waals surface area (Å²) in [5, 5.41) is 0. The fourth-order valence-electron chi connectivity index (χ4n) is 1.27. The Bertz CT molecular complexity index is 391. The number of benzene rings is 1. The summed E-state index contributed by atoms with van der Waals surface area (Å²) in [5.74, 6) is 0. The molecule has 1 aromatic carbocycles. The Hall–Kier alpha value is -1.07. The molecule has 0 aliphatic heterocycles. The lowest BCUT2D eigenvalue weighted by Gasteiger charge is -2.16. The van der Waals surface area contributed by atoms with Gasteiger partial charge in [-0.05, 0) is 43.5 Å². The van der Waals surface area contributed by atoms with Gasteiger partial charge >= 0.3 is 0 Å². The van der Waals surface area contributed by atoms with Crippen LogP contribution in [0.15, 0.2) is 6.07 Å². The van der Waals surface area contributed by atoms with Crippen molar-refractivity contribution in [3.05, 3.63) is 22.8 Å². The third kappa shape index (κ3) is 2.05. The number of nitrogens with one attached hydrogen (secondary N) is 1. The van der Waals surface area contributed by atoms with Crippen LogP contribution in [0.4, 0.5) is 11.4 Å². The third-order valence-electron chi connectivity index (χ3n) is 2.46. The molecular weight excluding hydrogens is 200 g/mol. The first kappa shape index (κ1) is 11.0. The molecule has 0 bridgehead atoms. The number of nitrogens with two attached hydrogens (primary N) is 1. The van der Waals surface area contributed by atoms with Crippen LogP contribution in [0, 0.1) is 20.8 Å². The van der Waals surface area contributed by atoms with E-state index in [0.717, 1.165) is 16.7 Å². The van der Waals surface area contributed by atoms with Crippen LogP contribution < -0.4 is 10.5 Å². The summed E-state index contributed by atoms with van der Waals surface area (Å²) < 4.78 is 23.3. The molecule has 1 rings (SSSR count). The summed E-state index contributed by atoms with van der Waals surface area (Å²) in [6.45, 7) is 5.69. The summed E-state index contributed by atoms with van der Waals surface area (Å²) in [5.41, 5.74) is 9.77. The number of rotatable bonds is 2. The predicted molar refractivity (Wildman–Crippen MR) is 57.6 cm³/mol. The molecule has 1 atom stereocenters. The van der Waals surface area contributed by atoms with Crippen molar-refractivity contribution in [3.63, 3.8) is 0 Å². The first-order valence-corrected chi connectivity index (χ1v) is 5.23. The minimum atomic E-state index is -2.31. The molecule has 5 heteroatoms. The van der Waals surface area contributed by atoms with E-state index in [4.69, 9.17) is 5.73 Å². The van der Waals surface area contributed by atoms with Gasteiger partial charge in [0, 0.05) is 17.0 Å². The Labute approximate surface area is 85.9 Å². The van der Waals surface area contributed by atoms with Crippen LogP contribution in [0.1, 0.15) is 16.7 Å². The zero-order chi connectivity index (χ0) is 10.9. The quantitative estimate of drug-likeness (QED) is 0.575. The average Bonchev–Trinajstić information content (AvgIpc) is 2.10. The summed E-state index contributed by atoms with van der Waals surface area (Å²) in [6.07, 6.45) is 0. The van der Waals surface area contributed by atoms with Gasteiger partial charge in [-0.3, -0.25) is 4.21 Å². The molecular formula is C9H13N2O2S-. The molecule has 78 valence electrons. The maximum atomic E-state index is 10.5. The van der Waals surface area contributed by atoms with Crippen LogP contribution >= 0.6 is 0 Å². The fourth-order valence-corrected chi connectivity index (χ4v) is 1.66. The number of anilines is 2. The highest BCUT2D eigenvalue weighted by Crippen LogP contribution is 2.27. The molecule has 1 unspecified atom stereocenters. The predicted octanol–water partition coefficient (Wildman–Crippen LogP) is 1.40. The SMILES string of the molecule is Cc1c(N)cc(NS(=O)[O-])c(C)c1C. The van der Waals surface area contributed by atoms with E-state index < -0.39 is 11.3 Å². The second kappa shape index (κ2) is 3.98. The Morgan fingerprint density at radius 3 is 2.36 bits per heavy atom. The molecule has 14 heavy (non-hydrogen) atoms. The molecule has 0 radical (unpaired) electrons. The van der Waals surface area contributed by atoms with Crippen molar-refractivity contribution >= 4 is 22.6 Å². The summed E-state index contributed by atoms with van der Waals surface area (Å²) in [6, 6.07) is 1.63. The Morgan fingerprint density at radius 2 is 1.86 bits per heavy atom. The highest BCUT2D eigenvalue weighted by Gasteiger charge is 2.06. The number of nitrogen functional groups attached to an aromatic ring is 1. The van der Waals surface area contributed by atoms with Crippen molar-refractivity contribution in [2.24, 2.45) is 0 Å². The Kier molecular flexibility index (Phi) is 3.13. The van der Waals surface area contributed by atoms with Crippen LogP contribution in [0.25, 0.3) is 0 Å². The maximum Gasteiger partial charge on any atom is 0.0504 e. The van der Waals surface area contributed by atoms with Gasteiger partial charge in [0.2, 0.25) is 0 Å². The van der Waals surface area contributed by atoms with Gasteiger partial charge in [-0.1, -0.05) is 0 Å². The van der Waals surface area contributed by atoms with E-state index in [9.17, 15) is 8.76 Å². The van der Waals surface area contributed by atoms with E-state index in [1.165, 1.54) is 0 Å². The van der Waals surface area contributed by atoms with Gasteiger partial charge in [0.05, 0.1) is 5.69 Å². The van der Waals surface area contributed by atoms with Crippen LogP contribution in [-0.2, 0) is 11.3 Å². The molecule has 0 aliphatic rings. The topological polar surface area (TPSA) is 78.2 Å². The normalized spacial score (nSPS) is 12.6. The van der Waals surface area contributed by atoms with Crippen LogP contribution in [0.5, 0.6) is 0 Å². The van der Waals surface area contributed by atoms with Crippen molar-refractivity contribution < 1.29 is 8.76 Å². The molecule has 0 aliphatic carbocycles. The zero-order valence-electron chi connectivity index (χ0n) is 8.38. The summed E-state index contributed by atoms with van der Waals surface area (Å²) in [4.78, 5) is 0. The first-order chi connectivity index (χ1) is 6.43. The van der Waals surface area contributed by atoms with E-state index in [1.807, 2.05) is 20.8 Å². The first-order valence-electron chi connectivity index (χ1n) is 4.15. The van der Waals surface area contributed by atoms with Gasteiger partial charge in [0.1, 0.15) is 0 Å². The van der Waals surface area contributed by atoms with Crippen molar-refractivity contribution in [2.45, 2.75) is 20.8 Å². The Morgan fingerprint density at radius 1 is 1.29 bits per heavy atom. The molecule has 4 nitrogen and oxygen atoms in total. The Balaban J connectivity index is 3.25. The smallest absolute Gasteiger partial charge is 0.0504 e. The molecule has 0 heterocycles. The lowest BCUT2D eigenvalue weighted by atomic mass is 10.0. The van der Waals surface area contributed by atoms with Crippen molar-refractivity contribution in [1.82, 2.24) is 0 Å². The lowest BCUT2D eigenvalue weighted by Crippen LogP contribution is -2.06. The molecule has 0 fully saturated rings. The highest BCUT2D eigenvalue weighted by molar-refractivity contribution is 7.80. The fraction of sp³-hybridized carbons (Fsp3) is 0.333. The minimum absolute atomic E-state index is 0.541. The zero-order valence-corrected chi connectivity index (χ0v) is 9.20. The van der Waals surface area contributed by atoms with Crippen LogP contribution in [0.3, 0.4) is 0 Å². The standard InChI is InChI=1S/C9H14N2O2S/c1-5-6(2)8(10)4-9(7(5)3)11-14(12)13/h4,11H,10H2,1-3H3,(H,12,13)/p-1. The third-order valence-corrected chi connectivity index (χ3v) is 2.84. The van der Waals surface area contributed by atoms with E-state index >= 15 is 0 Å². The van der Waals surface area contributed by atoms with E-state index in [0.29, 0.717) is 11.4 Å². The van der Waals surface area contributed by atoms with E-state index in [2.05, 4.69) is 4.72 Å². The van der Waals surface area contributed by atoms with E-state index in [-0.39, 0.29) is 0 Å². The van der Waals surface area contributed by atoms with Gasteiger partial charge < -0.3 is 15.0 Å². The highest BCUT2D eigenvalue weighted by atomic mass is 32.2. The molecule has 0 saturated carbocycles. The van der Waals surface area contributed by atoms with Gasteiger partial charge in [-0.15, -0.1) is 0 Å². The minimum Gasteiger partial charge on any atom is -0.755 e. The van der Waals surface area contributed by atoms with Crippen molar-refractivity contribution in [2.75, 3.05) is 10.5 Å². The van der Waals surface area contributed by atoms with Gasteiger partial charge in [-0.2, -0.15) is 0 Å². The second-order valence-electron chi connectivity index (χ2n) is 3.23. The van der Waals surface area contributed by atoms with Gasteiger partial charge in [-0.25, -0.2) is 0 Å². The molecule has 0 amide bonds. The molecule has 0 spiro atoms. The summed E-state index contributed by atoms with van der Waals surface area (Å²) in [7, 11) is 0. The van der Waals surface area contributed by atoms with Gasteiger partial charge in [0.25, 0.3) is 0 Å². The number of hydrogen-bond acceptors (Lipinski definition) is 3. The van der Waals surface area contributed by atoms with Crippen molar-refractivity contribution in [3.8, 4) is 0 Å². The van der Waals surface area contributed by atoms with E-state index in [1.54, 1.807) is 6.07 Å².